The van der Waals surface area contributed by atoms with Crippen molar-refractivity contribution < 1.29 is 4.79 Å². The summed E-state index contributed by atoms with van der Waals surface area (Å²) in [5.74, 6) is 0.121. The van der Waals surface area contributed by atoms with Gasteiger partial charge in [-0.25, -0.2) is 0 Å². The summed E-state index contributed by atoms with van der Waals surface area (Å²) in [6.07, 6.45) is 0.405. The Labute approximate surface area is 179 Å². The number of benzene rings is 3. The van der Waals surface area contributed by atoms with Gasteiger partial charge in [-0.1, -0.05) is 52.3 Å². The Hall–Kier alpha value is -2.24. The lowest BCUT2D eigenvalue weighted by atomic mass is 10.0. The van der Waals surface area contributed by atoms with Crippen molar-refractivity contribution in [1.29, 1.82) is 0 Å². The lowest BCUT2D eigenvalue weighted by Gasteiger charge is -2.19. The molecule has 0 bridgehead atoms. The summed E-state index contributed by atoms with van der Waals surface area (Å²) in [6, 6.07) is 23.7. The molecule has 0 fully saturated rings. The molecule has 3 rings (SSSR count). The zero-order chi connectivity index (χ0) is 20.1. The molecule has 28 heavy (non-hydrogen) atoms. The Bertz CT molecular complexity index is 940. The lowest BCUT2D eigenvalue weighted by Crippen LogP contribution is -2.09. The summed E-state index contributed by atoms with van der Waals surface area (Å²) in [4.78, 5) is 16.0. The number of anilines is 2. The van der Waals surface area contributed by atoms with E-state index in [0.29, 0.717) is 6.42 Å². The largest absolute Gasteiger partial charge is 0.398 e. The van der Waals surface area contributed by atoms with Crippen LogP contribution in [0.4, 0.5) is 11.4 Å². The van der Waals surface area contributed by atoms with Crippen molar-refractivity contribution in [2.75, 3.05) is 24.7 Å². The monoisotopic (exact) mass is 454 g/mol. The predicted octanol–water partition coefficient (Wildman–Crippen LogP) is 6.20. The second kappa shape index (κ2) is 9.30. The van der Waals surface area contributed by atoms with Crippen molar-refractivity contribution in [3.8, 4) is 0 Å². The van der Waals surface area contributed by atoms with Crippen LogP contribution in [0.1, 0.15) is 27.6 Å². The van der Waals surface area contributed by atoms with Gasteiger partial charge in [-0.3, -0.25) is 4.79 Å². The van der Waals surface area contributed by atoms with Crippen LogP contribution in [-0.2, 0) is 0 Å². The minimum absolute atomic E-state index is 0.0166. The number of hydrogen-bond donors (Lipinski definition) is 1. The zero-order valence-electron chi connectivity index (χ0n) is 15.9. The average Bonchev–Trinajstić information content (AvgIpc) is 2.69. The number of ketones is 1. The van der Waals surface area contributed by atoms with Crippen LogP contribution in [-0.4, -0.2) is 19.9 Å². The standard InChI is InChI=1S/C23H23BrN2OS/c1-26(2)19-13-9-17(10-14-19)23(28-22-6-4-3-5-20(22)25)15-21(27)16-7-11-18(24)12-8-16/h3-14,23H,15,25H2,1-2H3. The number of nitrogen functional groups attached to an aromatic ring is 1. The van der Waals surface area contributed by atoms with Crippen molar-refractivity contribution in [1.82, 2.24) is 0 Å². The second-order valence-electron chi connectivity index (χ2n) is 6.76. The molecule has 0 aliphatic rings. The van der Waals surface area contributed by atoms with E-state index < -0.39 is 0 Å². The van der Waals surface area contributed by atoms with Gasteiger partial charge in [0.25, 0.3) is 0 Å². The fourth-order valence-corrected chi connectivity index (χ4v) is 4.34. The zero-order valence-corrected chi connectivity index (χ0v) is 18.3. The molecule has 1 atom stereocenters. The first-order valence-corrected chi connectivity index (χ1v) is 10.7. The molecule has 5 heteroatoms. The molecule has 1 unspecified atom stereocenters. The van der Waals surface area contributed by atoms with Gasteiger partial charge in [-0.05, 0) is 42.0 Å². The summed E-state index contributed by atoms with van der Waals surface area (Å²) in [5, 5.41) is -0.0166. The normalized spacial score (nSPS) is 11.8. The van der Waals surface area contributed by atoms with E-state index in [9.17, 15) is 4.79 Å². The van der Waals surface area contributed by atoms with Crippen LogP contribution >= 0.6 is 27.7 Å². The molecule has 3 aromatic rings. The van der Waals surface area contributed by atoms with Gasteiger partial charge in [-0.15, -0.1) is 11.8 Å². The minimum Gasteiger partial charge on any atom is -0.398 e. The van der Waals surface area contributed by atoms with Gasteiger partial charge in [-0.2, -0.15) is 0 Å². The molecular formula is C23H23BrN2OS. The Morgan fingerprint density at radius 3 is 2.25 bits per heavy atom. The lowest BCUT2D eigenvalue weighted by molar-refractivity contribution is 0.0982. The van der Waals surface area contributed by atoms with Crippen LogP contribution < -0.4 is 10.6 Å². The molecule has 2 N–H and O–H groups in total. The molecule has 0 heterocycles. The molecule has 0 spiro atoms. The summed E-state index contributed by atoms with van der Waals surface area (Å²) in [5.41, 5.74) is 9.85. The number of halogens is 1. The number of Topliss-reactive ketones (excluding diaryl/α,β-unsaturated/α-hetero) is 1. The van der Waals surface area contributed by atoms with Crippen LogP contribution in [0.5, 0.6) is 0 Å². The van der Waals surface area contributed by atoms with Gasteiger partial charge >= 0.3 is 0 Å². The maximum atomic E-state index is 12.9. The molecule has 0 saturated carbocycles. The van der Waals surface area contributed by atoms with Gasteiger partial charge in [0, 0.05) is 52.1 Å². The summed E-state index contributed by atoms with van der Waals surface area (Å²) in [7, 11) is 4.03. The highest BCUT2D eigenvalue weighted by atomic mass is 79.9. The van der Waals surface area contributed by atoms with Gasteiger partial charge in [0.1, 0.15) is 0 Å². The molecule has 3 nitrogen and oxygen atoms in total. The van der Waals surface area contributed by atoms with Gasteiger partial charge in [0.2, 0.25) is 0 Å². The highest BCUT2D eigenvalue weighted by Crippen LogP contribution is 2.41. The first kappa shape index (κ1) is 20.5. The van der Waals surface area contributed by atoms with E-state index in [0.717, 1.165) is 31.9 Å². The SMILES string of the molecule is CN(C)c1ccc(C(CC(=O)c2ccc(Br)cc2)Sc2ccccc2N)cc1. The van der Waals surface area contributed by atoms with Crippen LogP contribution in [0.3, 0.4) is 0 Å². The smallest absolute Gasteiger partial charge is 0.164 e. The van der Waals surface area contributed by atoms with Gasteiger partial charge < -0.3 is 10.6 Å². The fourth-order valence-electron chi connectivity index (χ4n) is 2.88. The summed E-state index contributed by atoms with van der Waals surface area (Å²) in [6.45, 7) is 0. The highest BCUT2D eigenvalue weighted by Gasteiger charge is 2.20. The molecule has 0 saturated heterocycles. The number of rotatable bonds is 7. The second-order valence-corrected chi connectivity index (χ2v) is 8.92. The van der Waals surface area contributed by atoms with E-state index in [1.54, 1.807) is 11.8 Å². The Balaban J connectivity index is 1.88. The molecule has 0 aliphatic heterocycles. The van der Waals surface area contributed by atoms with Crippen molar-refractivity contribution in [3.63, 3.8) is 0 Å². The fraction of sp³-hybridized carbons (Fsp3) is 0.174. The van der Waals surface area contributed by atoms with Crippen molar-refractivity contribution in [3.05, 3.63) is 88.4 Å². The summed E-state index contributed by atoms with van der Waals surface area (Å²) < 4.78 is 0.964. The van der Waals surface area contributed by atoms with E-state index in [2.05, 4.69) is 45.1 Å². The number of thioether (sulfide) groups is 1. The molecule has 3 aromatic carbocycles. The molecule has 0 aromatic heterocycles. The maximum Gasteiger partial charge on any atom is 0.164 e. The number of nitrogens with zero attached hydrogens (tertiary/aromatic N) is 1. The van der Waals surface area contributed by atoms with Gasteiger partial charge in [0.15, 0.2) is 5.78 Å². The summed E-state index contributed by atoms with van der Waals surface area (Å²) >= 11 is 5.06. The van der Waals surface area contributed by atoms with E-state index in [1.165, 1.54) is 0 Å². The molecule has 144 valence electrons. The first-order chi connectivity index (χ1) is 13.4. The number of para-hydroxylation sites is 1. The number of carbonyl (C=O) groups excluding carboxylic acids is 1. The number of nitrogens with two attached hydrogens (primary N) is 1. The Morgan fingerprint density at radius 2 is 1.64 bits per heavy atom. The topological polar surface area (TPSA) is 46.3 Å². The molecule has 0 aliphatic carbocycles. The van der Waals surface area contributed by atoms with Crippen LogP contribution in [0.25, 0.3) is 0 Å². The van der Waals surface area contributed by atoms with E-state index >= 15 is 0 Å². The van der Waals surface area contributed by atoms with Crippen LogP contribution in [0.2, 0.25) is 0 Å². The molecule has 0 radical (unpaired) electrons. The Kier molecular flexibility index (Phi) is 6.81. The minimum atomic E-state index is -0.0166. The van der Waals surface area contributed by atoms with Crippen LogP contribution in [0, 0.1) is 0 Å². The average molecular weight is 455 g/mol. The third-order valence-electron chi connectivity index (χ3n) is 4.51. The third kappa shape index (κ3) is 5.18. The highest BCUT2D eigenvalue weighted by molar-refractivity contribution is 9.10. The van der Waals surface area contributed by atoms with E-state index in [4.69, 9.17) is 5.73 Å². The third-order valence-corrected chi connectivity index (χ3v) is 6.38. The quantitative estimate of drug-likeness (QED) is 0.262. The van der Waals surface area contributed by atoms with Gasteiger partial charge in [0.05, 0.1) is 0 Å². The first-order valence-electron chi connectivity index (χ1n) is 9.01. The van der Waals surface area contributed by atoms with E-state index in [-0.39, 0.29) is 11.0 Å². The number of carbonyl (C=O) groups is 1. The number of hydrogen-bond acceptors (Lipinski definition) is 4. The predicted molar refractivity (Wildman–Crippen MR) is 123 cm³/mol. The van der Waals surface area contributed by atoms with Crippen LogP contribution in [0.15, 0.2) is 82.2 Å². The van der Waals surface area contributed by atoms with E-state index in [1.807, 2.05) is 62.6 Å². The van der Waals surface area contributed by atoms with Crippen molar-refractivity contribution in [2.24, 2.45) is 0 Å². The Morgan fingerprint density at radius 1 is 1.00 bits per heavy atom. The van der Waals surface area contributed by atoms with Crippen molar-refractivity contribution in [2.45, 2.75) is 16.6 Å². The molecule has 0 amide bonds. The molecular weight excluding hydrogens is 432 g/mol. The van der Waals surface area contributed by atoms with Crippen molar-refractivity contribution >= 4 is 44.8 Å². The maximum absolute atomic E-state index is 12.9.